The van der Waals surface area contributed by atoms with Gasteiger partial charge in [0.15, 0.2) is 0 Å². The standard InChI is InChI=1S/C14H22BrN3O2/c1-4-5-14(13(19)20)6-7-18(9-14)8-11-12(15)10(2)16-17(11)3/h4-9H2,1-3H3,(H,19,20). The third kappa shape index (κ3) is 2.76. The Balaban J connectivity index is 2.11. The number of aryl methyl sites for hydroxylation is 2. The van der Waals surface area contributed by atoms with Crippen molar-refractivity contribution < 1.29 is 9.90 Å². The van der Waals surface area contributed by atoms with Crippen LogP contribution in [0.1, 0.15) is 37.6 Å². The molecule has 1 aromatic rings. The monoisotopic (exact) mass is 343 g/mol. The van der Waals surface area contributed by atoms with Crippen LogP contribution in [-0.2, 0) is 18.4 Å². The number of hydrogen-bond donors (Lipinski definition) is 1. The number of halogens is 1. The van der Waals surface area contributed by atoms with Gasteiger partial charge in [0, 0.05) is 20.1 Å². The van der Waals surface area contributed by atoms with Crippen LogP contribution in [0.3, 0.4) is 0 Å². The second-order valence-corrected chi connectivity index (χ2v) is 6.56. The van der Waals surface area contributed by atoms with E-state index in [1.807, 2.05) is 18.7 Å². The zero-order chi connectivity index (χ0) is 14.9. The molecule has 0 aliphatic carbocycles. The number of nitrogens with zero attached hydrogens (tertiary/aromatic N) is 3. The first-order valence-electron chi connectivity index (χ1n) is 7.03. The second kappa shape index (κ2) is 5.85. The van der Waals surface area contributed by atoms with E-state index in [0.717, 1.165) is 48.2 Å². The zero-order valence-corrected chi connectivity index (χ0v) is 13.9. The molecule has 6 heteroatoms. The number of likely N-dealkylation sites (tertiary alicyclic amines) is 1. The van der Waals surface area contributed by atoms with E-state index in [2.05, 4.69) is 32.9 Å². The van der Waals surface area contributed by atoms with Crippen LogP contribution in [0, 0.1) is 12.3 Å². The van der Waals surface area contributed by atoms with Gasteiger partial charge in [0.25, 0.3) is 0 Å². The molecule has 1 N–H and O–H groups in total. The minimum atomic E-state index is -0.651. The van der Waals surface area contributed by atoms with E-state index >= 15 is 0 Å². The molecule has 1 atom stereocenters. The lowest BCUT2D eigenvalue weighted by Crippen LogP contribution is -2.34. The van der Waals surface area contributed by atoms with Crippen LogP contribution in [0.2, 0.25) is 0 Å². The minimum absolute atomic E-state index is 0.561. The Morgan fingerprint density at radius 3 is 2.75 bits per heavy atom. The first kappa shape index (κ1) is 15.5. The molecule has 5 nitrogen and oxygen atoms in total. The van der Waals surface area contributed by atoms with Gasteiger partial charge < -0.3 is 5.11 Å². The van der Waals surface area contributed by atoms with Gasteiger partial charge in [0.1, 0.15) is 0 Å². The van der Waals surface area contributed by atoms with Crippen molar-refractivity contribution in [3.8, 4) is 0 Å². The Labute approximate surface area is 128 Å². The molecular weight excluding hydrogens is 322 g/mol. The Bertz CT molecular complexity index is 515. The lowest BCUT2D eigenvalue weighted by atomic mass is 9.83. The van der Waals surface area contributed by atoms with Gasteiger partial charge in [-0.05, 0) is 42.2 Å². The Morgan fingerprint density at radius 2 is 2.25 bits per heavy atom. The predicted molar refractivity (Wildman–Crippen MR) is 80.5 cm³/mol. The van der Waals surface area contributed by atoms with Crippen molar-refractivity contribution in [1.82, 2.24) is 14.7 Å². The van der Waals surface area contributed by atoms with Gasteiger partial charge in [0.05, 0.1) is 21.3 Å². The molecule has 1 aliphatic rings. The third-order valence-electron chi connectivity index (χ3n) is 4.25. The Kier molecular flexibility index (Phi) is 4.54. The number of rotatable bonds is 5. The summed E-state index contributed by atoms with van der Waals surface area (Å²) >= 11 is 3.57. The Hall–Kier alpha value is -0.880. The molecule has 112 valence electrons. The number of carboxylic acid groups (broad SMARTS) is 1. The SMILES string of the molecule is CCCC1(C(=O)O)CCN(Cc2c(Br)c(C)nn2C)C1. The highest BCUT2D eigenvalue weighted by Crippen LogP contribution is 2.36. The quantitative estimate of drug-likeness (QED) is 0.892. The molecule has 1 fully saturated rings. The number of aromatic nitrogens is 2. The maximum atomic E-state index is 11.6. The van der Waals surface area contributed by atoms with Crippen LogP contribution in [-0.4, -0.2) is 38.8 Å². The predicted octanol–water partition coefficient (Wildman–Crippen LogP) is 2.57. The van der Waals surface area contributed by atoms with Crippen molar-refractivity contribution in [2.24, 2.45) is 12.5 Å². The molecule has 0 saturated carbocycles. The molecule has 0 aromatic carbocycles. The van der Waals surface area contributed by atoms with Crippen molar-refractivity contribution in [2.75, 3.05) is 13.1 Å². The van der Waals surface area contributed by atoms with Gasteiger partial charge in [-0.1, -0.05) is 13.3 Å². The lowest BCUT2D eigenvalue weighted by molar-refractivity contribution is -0.148. The van der Waals surface area contributed by atoms with Crippen LogP contribution in [0.15, 0.2) is 4.47 Å². The van der Waals surface area contributed by atoms with E-state index < -0.39 is 11.4 Å². The van der Waals surface area contributed by atoms with Crippen LogP contribution < -0.4 is 0 Å². The molecule has 0 bridgehead atoms. The molecule has 0 amide bonds. The van der Waals surface area contributed by atoms with Crippen molar-refractivity contribution in [3.63, 3.8) is 0 Å². The normalized spacial score (nSPS) is 23.4. The minimum Gasteiger partial charge on any atom is -0.481 e. The van der Waals surface area contributed by atoms with E-state index in [-0.39, 0.29) is 0 Å². The largest absolute Gasteiger partial charge is 0.481 e. The van der Waals surface area contributed by atoms with E-state index in [1.165, 1.54) is 0 Å². The fourth-order valence-electron chi connectivity index (χ4n) is 3.12. The molecule has 2 rings (SSSR count). The van der Waals surface area contributed by atoms with Gasteiger partial charge >= 0.3 is 5.97 Å². The summed E-state index contributed by atoms with van der Waals surface area (Å²) in [5, 5.41) is 13.9. The Morgan fingerprint density at radius 1 is 1.55 bits per heavy atom. The number of carboxylic acids is 1. The van der Waals surface area contributed by atoms with Gasteiger partial charge in [-0.2, -0.15) is 5.10 Å². The summed E-state index contributed by atoms with van der Waals surface area (Å²) < 4.78 is 2.91. The van der Waals surface area contributed by atoms with E-state index in [4.69, 9.17) is 0 Å². The van der Waals surface area contributed by atoms with Crippen LogP contribution in [0.25, 0.3) is 0 Å². The van der Waals surface area contributed by atoms with E-state index in [9.17, 15) is 9.90 Å². The van der Waals surface area contributed by atoms with Crippen LogP contribution in [0.4, 0.5) is 0 Å². The highest BCUT2D eigenvalue weighted by Gasteiger charge is 2.44. The molecule has 0 radical (unpaired) electrons. The number of hydrogen-bond acceptors (Lipinski definition) is 3. The van der Waals surface area contributed by atoms with Gasteiger partial charge in [-0.25, -0.2) is 0 Å². The molecule has 1 saturated heterocycles. The smallest absolute Gasteiger partial charge is 0.310 e. The molecule has 2 heterocycles. The number of aliphatic carboxylic acids is 1. The fourth-order valence-corrected chi connectivity index (χ4v) is 3.58. The molecular formula is C14H22BrN3O2. The summed E-state index contributed by atoms with van der Waals surface area (Å²) in [6, 6.07) is 0. The first-order valence-corrected chi connectivity index (χ1v) is 7.82. The lowest BCUT2D eigenvalue weighted by Gasteiger charge is -2.24. The summed E-state index contributed by atoms with van der Waals surface area (Å²) in [6.07, 6.45) is 2.41. The summed E-state index contributed by atoms with van der Waals surface area (Å²) in [6.45, 7) is 6.23. The topological polar surface area (TPSA) is 58.4 Å². The summed E-state index contributed by atoms with van der Waals surface area (Å²) in [5.41, 5.74) is 1.52. The first-order chi connectivity index (χ1) is 9.39. The molecule has 1 aromatic heterocycles. The van der Waals surface area contributed by atoms with E-state index in [0.29, 0.717) is 6.54 Å². The third-order valence-corrected chi connectivity index (χ3v) is 5.28. The molecule has 1 aliphatic heterocycles. The van der Waals surface area contributed by atoms with Crippen LogP contribution >= 0.6 is 15.9 Å². The fraction of sp³-hybridized carbons (Fsp3) is 0.714. The molecule has 20 heavy (non-hydrogen) atoms. The average Bonchev–Trinajstić information content (AvgIpc) is 2.89. The maximum absolute atomic E-state index is 11.6. The van der Waals surface area contributed by atoms with Gasteiger partial charge in [0.2, 0.25) is 0 Å². The average molecular weight is 344 g/mol. The van der Waals surface area contributed by atoms with Gasteiger partial charge in [-0.3, -0.25) is 14.4 Å². The summed E-state index contributed by atoms with van der Waals surface area (Å²) in [5.74, 6) is -0.651. The highest BCUT2D eigenvalue weighted by molar-refractivity contribution is 9.10. The van der Waals surface area contributed by atoms with Crippen molar-refractivity contribution in [1.29, 1.82) is 0 Å². The van der Waals surface area contributed by atoms with Crippen molar-refractivity contribution in [3.05, 3.63) is 15.9 Å². The van der Waals surface area contributed by atoms with Crippen molar-refractivity contribution >= 4 is 21.9 Å². The summed E-state index contributed by atoms with van der Waals surface area (Å²) in [4.78, 5) is 13.8. The maximum Gasteiger partial charge on any atom is 0.310 e. The van der Waals surface area contributed by atoms with E-state index in [1.54, 1.807) is 0 Å². The van der Waals surface area contributed by atoms with Gasteiger partial charge in [-0.15, -0.1) is 0 Å². The van der Waals surface area contributed by atoms with Crippen LogP contribution in [0.5, 0.6) is 0 Å². The molecule has 0 spiro atoms. The van der Waals surface area contributed by atoms with Crippen molar-refractivity contribution in [2.45, 2.75) is 39.7 Å². The summed E-state index contributed by atoms with van der Waals surface area (Å²) in [7, 11) is 1.93. The number of carbonyl (C=O) groups is 1. The zero-order valence-electron chi connectivity index (χ0n) is 12.3. The second-order valence-electron chi connectivity index (χ2n) is 5.77. The molecule has 1 unspecified atom stereocenters. The highest BCUT2D eigenvalue weighted by atomic mass is 79.9.